The minimum Gasteiger partial charge on any atom is -0.389 e. The summed E-state index contributed by atoms with van der Waals surface area (Å²) >= 11 is 6.20. The van der Waals surface area contributed by atoms with Crippen LogP contribution < -0.4 is 10.2 Å². The van der Waals surface area contributed by atoms with Crippen LogP contribution in [0.15, 0.2) is 30.5 Å². The lowest BCUT2D eigenvalue weighted by molar-refractivity contribution is -0.114. The van der Waals surface area contributed by atoms with Crippen molar-refractivity contribution in [3.63, 3.8) is 0 Å². The van der Waals surface area contributed by atoms with Gasteiger partial charge in [0, 0.05) is 49.4 Å². The molecule has 1 unspecified atom stereocenters. The predicted molar refractivity (Wildman–Crippen MR) is 129 cm³/mol. The van der Waals surface area contributed by atoms with E-state index in [0.717, 1.165) is 36.3 Å². The number of hydrogen-bond donors (Lipinski definition) is 2. The van der Waals surface area contributed by atoms with Crippen molar-refractivity contribution < 1.29 is 14.7 Å². The molecule has 34 heavy (non-hydrogen) atoms. The Kier molecular flexibility index (Phi) is 5.91. The van der Waals surface area contributed by atoms with Crippen LogP contribution in [0.5, 0.6) is 0 Å². The third-order valence-corrected chi connectivity index (χ3v) is 6.65. The van der Waals surface area contributed by atoms with Gasteiger partial charge in [-0.15, -0.1) is 0 Å². The van der Waals surface area contributed by atoms with Gasteiger partial charge >= 0.3 is 0 Å². The summed E-state index contributed by atoms with van der Waals surface area (Å²) in [7, 11) is 0. The van der Waals surface area contributed by atoms with Crippen molar-refractivity contribution >= 4 is 40.6 Å². The van der Waals surface area contributed by atoms with Gasteiger partial charge in [-0.2, -0.15) is 5.10 Å². The molecule has 0 saturated carbocycles. The van der Waals surface area contributed by atoms with Crippen LogP contribution in [0.2, 0.25) is 5.02 Å². The van der Waals surface area contributed by atoms with E-state index < -0.39 is 0 Å². The van der Waals surface area contributed by atoms with E-state index in [1.165, 1.54) is 6.92 Å². The molecule has 10 heteroatoms. The number of nitrogens with zero attached hydrogens (tertiary/aromatic N) is 5. The highest BCUT2D eigenvalue weighted by Gasteiger charge is 2.33. The van der Waals surface area contributed by atoms with Crippen molar-refractivity contribution in [3.8, 4) is 0 Å². The van der Waals surface area contributed by atoms with Crippen LogP contribution in [-0.4, -0.2) is 62.2 Å². The highest BCUT2D eigenvalue weighted by Crippen LogP contribution is 2.34. The van der Waals surface area contributed by atoms with Crippen molar-refractivity contribution in [3.05, 3.63) is 52.3 Å². The van der Waals surface area contributed by atoms with Gasteiger partial charge in [0.05, 0.1) is 29.1 Å². The monoisotopic (exact) mass is 482 g/mol. The predicted octanol–water partition coefficient (Wildman–Crippen LogP) is 3.20. The standard InChI is InChI=1S/C24H27ClN6O3/c1-14-11-31-22(27-23(14)29-12-17(33)13-29)10-20(28-31)21-5-3-4-8-30(21)24(34)18-9-16(25)6-7-19(18)26-15(2)32/h6-7,9-11,17,21,33H,3-5,8,12-13H2,1-2H3,(H,26,32). The first-order valence-electron chi connectivity index (χ1n) is 11.5. The Hall–Kier alpha value is -3.17. The van der Waals surface area contributed by atoms with Gasteiger partial charge in [0.1, 0.15) is 5.82 Å². The fraction of sp³-hybridized carbons (Fsp3) is 0.417. The number of piperidine rings is 1. The van der Waals surface area contributed by atoms with Gasteiger partial charge in [0.25, 0.3) is 5.91 Å². The molecule has 1 atom stereocenters. The summed E-state index contributed by atoms with van der Waals surface area (Å²) in [4.78, 5) is 34.0. The Morgan fingerprint density at radius 1 is 1.21 bits per heavy atom. The van der Waals surface area contributed by atoms with Crippen LogP contribution in [0.3, 0.4) is 0 Å². The van der Waals surface area contributed by atoms with Gasteiger partial charge in [0.2, 0.25) is 5.91 Å². The Labute approximate surface area is 202 Å². The first kappa shape index (κ1) is 22.6. The minimum atomic E-state index is -0.311. The minimum absolute atomic E-state index is 0.188. The second kappa shape index (κ2) is 8.88. The van der Waals surface area contributed by atoms with Gasteiger partial charge in [-0.05, 0) is 44.4 Å². The quantitative estimate of drug-likeness (QED) is 0.592. The van der Waals surface area contributed by atoms with Gasteiger partial charge in [0.15, 0.2) is 5.65 Å². The Balaban J connectivity index is 1.48. The summed E-state index contributed by atoms with van der Waals surface area (Å²) in [6.07, 6.45) is 4.29. The number of aromatic nitrogens is 3. The molecule has 2 amide bonds. The number of carbonyl (C=O) groups excluding carboxylic acids is 2. The van der Waals surface area contributed by atoms with Crippen molar-refractivity contribution in [2.75, 3.05) is 29.9 Å². The van der Waals surface area contributed by atoms with E-state index in [0.29, 0.717) is 41.6 Å². The molecule has 1 aromatic carbocycles. The number of likely N-dealkylation sites (tertiary alicyclic amines) is 1. The topological polar surface area (TPSA) is 103 Å². The lowest BCUT2D eigenvalue weighted by Crippen LogP contribution is -2.51. The van der Waals surface area contributed by atoms with E-state index in [2.05, 4.69) is 5.32 Å². The summed E-state index contributed by atoms with van der Waals surface area (Å²) in [6.45, 7) is 5.13. The number of carbonyl (C=O) groups is 2. The van der Waals surface area contributed by atoms with E-state index in [-0.39, 0.29) is 24.0 Å². The third kappa shape index (κ3) is 4.21. The van der Waals surface area contributed by atoms with E-state index in [1.807, 2.05) is 29.0 Å². The maximum atomic E-state index is 13.7. The molecular weight excluding hydrogens is 456 g/mol. The molecule has 3 aromatic rings. The van der Waals surface area contributed by atoms with Crippen LogP contribution in [-0.2, 0) is 4.79 Å². The second-order valence-corrected chi connectivity index (χ2v) is 9.50. The smallest absolute Gasteiger partial charge is 0.256 e. The summed E-state index contributed by atoms with van der Waals surface area (Å²) < 4.78 is 1.75. The average molecular weight is 483 g/mol. The molecule has 2 N–H and O–H groups in total. The molecule has 2 aromatic heterocycles. The van der Waals surface area contributed by atoms with Crippen molar-refractivity contribution in [2.45, 2.75) is 45.3 Å². The lowest BCUT2D eigenvalue weighted by Gasteiger charge is -2.37. The summed E-state index contributed by atoms with van der Waals surface area (Å²) in [6, 6.07) is 6.64. The molecule has 178 valence electrons. The molecule has 0 aliphatic carbocycles. The highest BCUT2D eigenvalue weighted by atomic mass is 35.5. The largest absolute Gasteiger partial charge is 0.389 e. The van der Waals surface area contributed by atoms with E-state index >= 15 is 0 Å². The molecule has 0 bridgehead atoms. The van der Waals surface area contributed by atoms with Crippen LogP contribution in [0.1, 0.15) is 53.8 Å². The fourth-order valence-corrected chi connectivity index (χ4v) is 4.93. The molecule has 2 aliphatic heterocycles. The Morgan fingerprint density at radius 3 is 2.74 bits per heavy atom. The fourth-order valence-electron chi connectivity index (χ4n) is 4.76. The molecular formula is C24H27ClN6O3. The van der Waals surface area contributed by atoms with Crippen LogP contribution >= 0.6 is 11.6 Å². The van der Waals surface area contributed by atoms with Crippen molar-refractivity contribution in [2.24, 2.45) is 0 Å². The average Bonchev–Trinajstić information content (AvgIpc) is 3.19. The molecule has 4 heterocycles. The summed E-state index contributed by atoms with van der Waals surface area (Å²) in [5.74, 6) is 0.408. The van der Waals surface area contributed by atoms with Crippen LogP contribution in [0.4, 0.5) is 11.5 Å². The number of halogens is 1. The molecule has 9 nitrogen and oxygen atoms in total. The Bertz CT molecular complexity index is 1270. The number of anilines is 2. The second-order valence-electron chi connectivity index (χ2n) is 9.06. The zero-order chi connectivity index (χ0) is 24.0. The number of hydrogen-bond acceptors (Lipinski definition) is 6. The normalized spacial score (nSPS) is 18.8. The van der Waals surface area contributed by atoms with Crippen LogP contribution in [0, 0.1) is 6.92 Å². The van der Waals surface area contributed by atoms with E-state index in [9.17, 15) is 14.7 Å². The van der Waals surface area contributed by atoms with Gasteiger partial charge in [-0.1, -0.05) is 11.6 Å². The van der Waals surface area contributed by atoms with Crippen molar-refractivity contribution in [1.29, 1.82) is 0 Å². The Morgan fingerprint density at radius 2 is 2.00 bits per heavy atom. The number of fused-ring (bicyclic) bond motifs is 1. The number of rotatable bonds is 4. The maximum Gasteiger partial charge on any atom is 0.256 e. The molecule has 2 fully saturated rings. The highest BCUT2D eigenvalue weighted by molar-refractivity contribution is 6.31. The molecule has 2 saturated heterocycles. The first-order valence-corrected chi connectivity index (χ1v) is 11.9. The molecule has 0 spiro atoms. The zero-order valence-electron chi connectivity index (χ0n) is 19.2. The number of aliphatic hydroxyl groups excluding tert-OH is 1. The number of amides is 2. The zero-order valence-corrected chi connectivity index (χ0v) is 19.9. The van der Waals surface area contributed by atoms with E-state index in [1.54, 1.807) is 22.7 Å². The number of nitrogens with one attached hydrogen (secondary N) is 1. The van der Waals surface area contributed by atoms with Crippen LogP contribution in [0.25, 0.3) is 5.65 Å². The number of aryl methyl sites for hydroxylation is 1. The number of benzene rings is 1. The lowest BCUT2D eigenvalue weighted by atomic mass is 9.98. The SMILES string of the molecule is CC(=O)Nc1ccc(Cl)cc1C(=O)N1CCCCC1c1cc2nc(N3CC(O)C3)c(C)cn2n1. The van der Waals surface area contributed by atoms with Gasteiger partial charge in [-0.25, -0.2) is 9.50 Å². The van der Waals surface area contributed by atoms with Gasteiger partial charge in [-0.3, -0.25) is 9.59 Å². The molecule has 0 radical (unpaired) electrons. The summed E-state index contributed by atoms with van der Waals surface area (Å²) in [5, 5.41) is 17.6. The molecule has 5 rings (SSSR count). The third-order valence-electron chi connectivity index (χ3n) is 6.41. The van der Waals surface area contributed by atoms with Gasteiger partial charge < -0.3 is 20.2 Å². The van der Waals surface area contributed by atoms with Crippen molar-refractivity contribution in [1.82, 2.24) is 19.5 Å². The molecule has 2 aliphatic rings. The number of aliphatic hydroxyl groups is 1. The van der Waals surface area contributed by atoms with E-state index in [4.69, 9.17) is 21.7 Å². The maximum absolute atomic E-state index is 13.7. The summed E-state index contributed by atoms with van der Waals surface area (Å²) in [5.41, 5.74) is 3.27. The first-order chi connectivity index (χ1) is 16.3. The number of β-amino-alcohol motifs (C(OH)–C–C–N with tert-alkyl or cyclic N) is 1.